The zero-order chi connectivity index (χ0) is 20.2. The number of hydrogen-bond donors (Lipinski definition) is 0. The molecule has 1 aliphatic rings. The minimum Gasteiger partial charge on any atom is -0.289 e. The minimum atomic E-state index is -1.35. The van der Waals surface area contributed by atoms with E-state index in [1.54, 1.807) is 12.1 Å². The van der Waals surface area contributed by atoms with Crippen LogP contribution in [-0.4, -0.2) is 20.6 Å². The van der Waals surface area contributed by atoms with Crippen LogP contribution in [0.2, 0.25) is 0 Å². The molecule has 28 heavy (non-hydrogen) atoms. The van der Waals surface area contributed by atoms with Crippen molar-refractivity contribution in [1.29, 1.82) is 0 Å². The fourth-order valence-corrected chi connectivity index (χ4v) is 3.63. The van der Waals surface area contributed by atoms with Gasteiger partial charge in [0.05, 0.1) is 21.3 Å². The first-order valence-electron chi connectivity index (χ1n) is 7.98. The summed E-state index contributed by atoms with van der Waals surface area (Å²) in [6.45, 7) is 0. The maximum absolute atomic E-state index is 13.1. The molecule has 1 unspecified atom stereocenters. The van der Waals surface area contributed by atoms with Crippen molar-refractivity contribution in [2.45, 2.75) is 6.04 Å². The minimum absolute atomic E-state index is 0.00387. The highest BCUT2D eigenvalue weighted by Crippen LogP contribution is 2.42. The largest absolute Gasteiger partial charge is 0.289 e. The number of benzene rings is 3. The second-order valence-electron chi connectivity index (χ2n) is 6.21. The summed E-state index contributed by atoms with van der Waals surface area (Å²) in [4.78, 5) is 45.3. The molecule has 0 saturated heterocycles. The Hall–Kier alpha value is -4.21. The van der Waals surface area contributed by atoms with Crippen molar-refractivity contribution in [2.75, 3.05) is 0 Å². The Morgan fingerprint density at radius 1 is 0.786 bits per heavy atom. The van der Waals surface area contributed by atoms with Gasteiger partial charge in [-0.1, -0.05) is 30.3 Å². The summed E-state index contributed by atoms with van der Waals surface area (Å²) >= 11 is 0. The Balaban J connectivity index is 2.16. The molecule has 138 valence electrons. The lowest BCUT2D eigenvalue weighted by Gasteiger charge is -2.23. The average Bonchev–Trinajstić information content (AvgIpc) is 2.66. The Bertz CT molecular complexity index is 1240. The molecule has 0 saturated carbocycles. The molecule has 3 aromatic carbocycles. The van der Waals surface area contributed by atoms with Gasteiger partial charge in [0.25, 0.3) is 17.4 Å². The summed E-state index contributed by atoms with van der Waals surface area (Å²) < 4.78 is 0. The average molecular weight is 379 g/mol. The first-order valence-corrected chi connectivity index (χ1v) is 7.98. The number of fused-ring (bicyclic) bond motifs is 4. The summed E-state index contributed by atoms with van der Waals surface area (Å²) in [6, 6.07) is 9.12. The highest BCUT2D eigenvalue weighted by atomic mass is 16.6. The molecule has 1 aliphatic carbocycles. The highest BCUT2D eigenvalue weighted by Gasteiger charge is 2.40. The highest BCUT2D eigenvalue weighted by molar-refractivity contribution is 6.20. The van der Waals surface area contributed by atoms with E-state index in [0.29, 0.717) is 0 Å². The van der Waals surface area contributed by atoms with E-state index in [4.69, 9.17) is 0 Å². The molecule has 10 nitrogen and oxygen atoms in total. The molecule has 4 rings (SSSR count). The smallest absolute Gasteiger partial charge is 0.284 e. The van der Waals surface area contributed by atoms with E-state index in [1.807, 2.05) is 0 Å². The van der Waals surface area contributed by atoms with Gasteiger partial charge in [-0.2, -0.15) is 0 Å². The molecule has 0 aliphatic heterocycles. The number of nitro groups is 3. The maximum atomic E-state index is 13.1. The van der Waals surface area contributed by atoms with E-state index in [0.717, 1.165) is 12.1 Å². The van der Waals surface area contributed by atoms with Gasteiger partial charge < -0.3 is 0 Å². The number of rotatable bonds is 3. The van der Waals surface area contributed by atoms with Crippen LogP contribution in [0.25, 0.3) is 10.8 Å². The quantitative estimate of drug-likeness (QED) is 0.499. The van der Waals surface area contributed by atoms with Gasteiger partial charge in [0.1, 0.15) is 0 Å². The van der Waals surface area contributed by atoms with Crippen LogP contribution in [0, 0.1) is 30.3 Å². The van der Waals surface area contributed by atoms with Crippen molar-refractivity contribution >= 4 is 27.9 Å². The predicted molar refractivity (Wildman–Crippen MR) is 96.0 cm³/mol. The van der Waals surface area contributed by atoms with E-state index >= 15 is 0 Å². The molecule has 1 atom stereocenters. The first-order chi connectivity index (χ1) is 13.3. The van der Waals surface area contributed by atoms with E-state index in [2.05, 4.69) is 0 Å². The summed E-state index contributed by atoms with van der Waals surface area (Å²) in [5, 5.41) is 34.3. The van der Waals surface area contributed by atoms with Gasteiger partial charge in [0.2, 0.25) is 0 Å². The van der Waals surface area contributed by atoms with E-state index < -0.39 is 38.0 Å². The molecule has 0 fully saturated rings. The molecule has 0 amide bonds. The van der Waals surface area contributed by atoms with Crippen LogP contribution < -0.4 is 0 Å². The lowest BCUT2D eigenvalue weighted by Crippen LogP contribution is -2.24. The normalized spacial score (nSPS) is 15.0. The number of carbonyl (C=O) groups is 1. The van der Waals surface area contributed by atoms with Gasteiger partial charge >= 0.3 is 0 Å². The number of non-ortho nitro benzene ring substituents is 2. The summed E-state index contributed by atoms with van der Waals surface area (Å²) in [6.07, 6.45) is 0. The van der Waals surface area contributed by atoms with Crippen LogP contribution in [0.4, 0.5) is 11.4 Å². The second-order valence-corrected chi connectivity index (χ2v) is 6.21. The van der Waals surface area contributed by atoms with E-state index in [-0.39, 0.29) is 33.0 Å². The van der Waals surface area contributed by atoms with Crippen LogP contribution in [0.1, 0.15) is 33.1 Å². The van der Waals surface area contributed by atoms with Crippen molar-refractivity contribution in [3.8, 4) is 0 Å². The second kappa shape index (κ2) is 5.91. The van der Waals surface area contributed by atoms with E-state index in [1.165, 1.54) is 24.3 Å². The standard InChI is InChI=1S/C18H9N3O7/c22-18-12-4-2-1-3-11(12)17(21(27)28)13-6-5-10-14(16(13)18)7-9(19(23)24)8-15(10)20(25)26/h1-8,17H. The number of nitrogens with zero attached hydrogens (tertiary/aromatic N) is 3. The molecule has 10 heteroatoms. The number of carbonyl (C=O) groups excluding carboxylic acids is 1. The number of nitro benzene ring substituents is 2. The molecule has 3 aromatic rings. The third-order valence-corrected chi connectivity index (χ3v) is 4.77. The van der Waals surface area contributed by atoms with E-state index in [9.17, 15) is 35.1 Å². The first kappa shape index (κ1) is 17.2. The van der Waals surface area contributed by atoms with Crippen molar-refractivity contribution in [3.63, 3.8) is 0 Å². The molecular weight excluding hydrogens is 370 g/mol. The van der Waals surface area contributed by atoms with Crippen molar-refractivity contribution < 1.29 is 19.6 Å². The lowest BCUT2D eigenvalue weighted by molar-refractivity contribution is -0.517. The maximum Gasteiger partial charge on any atom is 0.284 e. The SMILES string of the molecule is O=C1c2ccccc2C([N+](=O)[O-])c2ccc3c([N+](=O)[O-])cc([N+](=O)[O-])cc3c21. The van der Waals surface area contributed by atoms with Gasteiger partial charge in [0.15, 0.2) is 5.78 Å². The fourth-order valence-electron chi connectivity index (χ4n) is 3.63. The molecular formula is C18H9N3O7. The summed E-state index contributed by atoms with van der Waals surface area (Å²) in [5.74, 6) is -0.566. The van der Waals surface area contributed by atoms with Crippen LogP contribution in [0.3, 0.4) is 0 Å². The zero-order valence-electron chi connectivity index (χ0n) is 13.9. The molecule has 0 spiro atoms. The molecule has 0 bridgehead atoms. The van der Waals surface area contributed by atoms with Crippen LogP contribution in [0.15, 0.2) is 48.5 Å². The van der Waals surface area contributed by atoms with Crippen LogP contribution in [0.5, 0.6) is 0 Å². The lowest BCUT2D eigenvalue weighted by atomic mass is 9.79. The van der Waals surface area contributed by atoms with Crippen LogP contribution >= 0.6 is 0 Å². The summed E-state index contributed by atoms with van der Waals surface area (Å²) in [5.41, 5.74) is -0.878. The van der Waals surface area contributed by atoms with Crippen molar-refractivity contribution in [1.82, 2.24) is 0 Å². The van der Waals surface area contributed by atoms with Gasteiger partial charge in [0, 0.05) is 38.6 Å². The third-order valence-electron chi connectivity index (χ3n) is 4.77. The van der Waals surface area contributed by atoms with Gasteiger partial charge in [-0.05, 0) is 6.07 Å². The monoisotopic (exact) mass is 379 g/mol. The summed E-state index contributed by atoms with van der Waals surface area (Å²) in [7, 11) is 0. The number of hydrogen-bond acceptors (Lipinski definition) is 7. The van der Waals surface area contributed by atoms with Gasteiger partial charge in [-0.15, -0.1) is 0 Å². The Labute approximate surface area is 155 Å². The van der Waals surface area contributed by atoms with Gasteiger partial charge in [-0.3, -0.25) is 35.1 Å². The molecule has 0 radical (unpaired) electrons. The predicted octanol–water partition coefficient (Wildman–Crippen LogP) is 3.57. The topological polar surface area (TPSA) is 146 Å². The zero-order valence-corrected chi connectivity index (χ0v) is 13.9. The third kappa shape index (κ3) is 2.31. The Morgan fingerprint density at radius 2 is 1.50 bits per heavy atom. The molecule has 0 N–H and O–H groups in total. The fraction of sp³-hybridized carbons (Fsp3) is 0.0556. The Kier molecular flexibility index (Phi) is 3.63. The van der Waals surface area contributed by atoms with Gasteiger partial charge in [-0.25, -0.2) is 0 Å². The number of ketones is 1. The molecule has 0 aromatic heterocycles. The molecule has 0 heterocycles. The van der Waals surface area contributed by atoms with Crippen molar-refractivity contribution in [2.24, 2.45) is 0 Å². The Morgan fingerprint density at radius 3 is 2.14 bits per heavy atom. The van der Waals surface area contributed by atoms with Crippen molar-refractivity contribution in [3.05, 3.63) is 101 Å². The van der Waals surface area contributed by atoms with Crippen LogP contribution in [-0.2, 0) is 0 Å².